The van der Waals surface area contributed by atoms with Crippen LogP contribution >= 0.6 is 0 Å². The Morgan fingerprint density at radius 3 is 2.44 bits per heavy atom. The molecule has 0 aromatic heterocycles. The lowest BCUT2D eigenvalue weighted by Crippen LogP contribution is -2.12. The summed E-state index contributed by atoms with van der Waals surface area (Å²) in [4.78, 5) is 0. The summed E-state index contributed by atoms with van der Waals surface area (Å²) in [5, 5.41) is 0. The molecule has 0 N–H and O–H groups in total. The van der Waals surface area contributed by atoms with Crippen molar-refractivity contribution in [3.8, 4) is 16.9 Å². The largest absolute Gasteiger partial charge is 0.485 e. The number of hydrogen-bond donors (Lipinski definition) is 0. The molecule has 1 heterocycles. The zero-order chi connectivity index (χ0) is 11.0. The Morgan fingerprint density at radius 2 is 1.62 bits per heavy atom. The molecular formula is C15H14O. The molecule has 1 aliphatic heterocycles. The molecule has 1 aliphatic rings. The Bertz CT molecular complexity index is 516. The number of hydrogen-bond acceptors (Lipinski definition) is 1. The van der Waals surface area contributed by atoms with Crippen molar-refractivity contribution in [2.75, 3.05) is 0 Å². The topological polar surface area (TPSA) is 9.23 Å². The first kappa shape index (κ1) is 9.46. The highest BCUT2D eigenvalue weighted by Gasteiger charge is 2.23. The van der Waals surface area contributed by atoms with Crippen molar-refractivity contribution in [1.29, 1.82) is 0 Å². The third-order valence-corrected chi connectivity index (χ3v) is 3.12. The van der Waals surface area contributed by atoms with Crippen molar-refractivity contribution < 1.29 is 4.74 Å². The number of ether oxygens (including phenoxy) is 1. The van der Waals surface area contributed by atoms with Gasteiger partial charge in [-0.2, -0.15) is 0 Å². The Morgan fingerprint density at radius 1 is 0.938 bits per heavy atom. The van der Waals surface area contributed by atoms with Gasteiger partial charge < -0.3 is 4.74 Å². The van der Waals surface area contributed by atoms with Gasteiger partial charge in [-0.05, 0) is 18.1 Å². The molecule has 1 heteroatoms. The van der Waals surface area contributed by atoms with Crippen molar-refractivity contribution in [2.24, 2.45) is 0 Å². The molecule has 0 saturated heterocycles. The highest BCUT2D eigenvalue weighted by Crippen LogP contribution is 2.42. The first-order valence-electron chi connectivity index (χ1n) is 5.75. The molecule has 1 atom stereocenters. The number of benzene rings is 2. The molecule has 0 saturated carbocycles. The Kier molecular flexibility index (Phi) is 2.17. The SMILES string of the molecule is CC[C@H]1Oc2ccccc2-c2ccccc21. The lowest BCUT2D eigenvalue weighted by atomic mass is 9.92. The average Bonchev–Trinajstić information content (AvgIpc) is 2.38. The van der Waals surface area contributed by atoms with Crippen molar-refractivity contribution in [3.05, 3.63) is 54.1 Å². The van der Waals surface area contributed by atoms with Crippen LogP contribution in [0, 0.1) is 0 Å². The van der Waals surface area contributed by atoms with E-state index < -0.39 is 0 Å². The van der Waals surface area contributed by atoms with Gasteiger partial charge in [0.25, 0.3) is 0 Å². The maximum atomic E-state index is 6.01. The third-order valence-electron chi connectivity index (χ3n) is 3.12. The van der Waals surface area contributed by atoms with Crippen LogP contribution in [0.15, 0.2) is 48.5 Å². The van der Waals surface area contributed by atoms with Crippen LogP contribution in [0.1, 0.15) is 25.0 Å². The van der Waals surface area contributed by atoms with E-state index in [0.29, 0.717) is 0 Å². The zero-order valence-corrected chi connectivity index (χ0v) is 9.31. The maximum absolute atomic E-state index is 6.01. The second-order valence-corrected chi connectivity index (χ2v) is 4.10. The van der Waals surface area contributed by atoms with E-state index in [2.05, 4.69) is 43.3 Å². The molecule has 80 valence electrons. The van der Waals surface area contributed by atoms with Gasteiger partial charge in [0.1, 0.15) is 11.9 Å². The molecule has 0 amide bonds. The quantitative estimate of drug-likeness (QED) is 0.685. The van der Waals surface area contributed by atoms with E-state index in [1.54, 1.807) is 0 Å². The van der Waals surface area contributed by atoms with Gasteiger partial charge in [-0.1, -0.05) is 49.4 Å². The van der Waals surface area contributed by atoms with Crippen molar-refractivity contribution in [1.82, 2.24) is 0 Å². The predicted molar refractivity (Wildman–Crippen MR) is 65.5 cm³/mol. The second-order valence-electron chi connectivity index (χ2n) is 4.10. The first-order chi connectivity index (χ1) is 7.90. The monoisotopic (exact) mass is 210 g/mol. The predicted octanol–water partition coefficient (Wildman–Crippen LogP) is 4.20. The average molecular weight is 210 g/mol. The molecule has 0 radical (unpaired) electrons. The molecule has 2 aromatic rings. The Balaban J connectivity index is 2.24. The van der Waals surface area contributed by atoms with Gasteiger partial charge in [0, 0.05) is 11.1 Å². The van der Waals surface area contributed by atoms with Gasteiger partial charge >= 0.3 is 0 Å². The van der Waals surface area contributed by atoms with Crippen molar-refractivity contribution >= 4 is 0 Å². The molecule has 0 spiro atoms. The van der Waals surface area contributed by atoms with Crippen LogP contribution in [0.4, 0.5) is 0 Å². The molecule has 0 bridgehead atoms. The fourth-order valence-corrected chi connectivity index (χ4v) is 2.33. The lowest BCUT2D eigenvalue weighted by molar-refractivity contribution is 0.198. The van der Waals surface area contributed by atoms with Crippen LogP contribution in [0.2, 0.25) is 0 Å². The van der Waals surface area contributed by atoms with Crippen LogP contribution in [-0.4, -0.2) is 0 Å². The molecule has 0 fully saturated rings. The smallest absolute Gasteiger partial charge is 0.128 e. The maximum Gasteiger partial charge on any atom is 0.128 e. The van der Waals surface area contributed by atoms with Gasteiger partial charge in [-0.3, -0.25) is 0 Å². The highest BCUT2D eigenvalue weighted by atomic mass is 16.5. The summed E-state index contributed by atoms with van der Waals surface area (Å²) in [5.41, 5.74) is 3.84. The van der Waals surface area contributed by atoms with E-state index in [9.17, 15) is 0 Å². The summed E-state index contributed by atoms with van der Waals surface area (Å²) >= 11 is 0. The summed E-state index contributed by atoms with van der Waals surface area (Å²) in [7, 11) is 0. The fourth-order valence-electron chi connectivity index (χ4n) is 2.33. The van der Waals surface area contributed by atoms with E-state index in [4.69, 9.17) is 4.74 Å². The molecule has 0 aliphatic carbocycles. The zero-order valence-electron chi connectivity index (χ0n) is 9.31. The second kappa shape index (κ2) is 3.67. The lowest BCUT2D eigenvalue weighted by Gasteiger charge is -2.27. The number of rotatable bonds is 1. The normalized spacial score (nSPS) is 17.2. The van der Waals surface area contributed by atoms with Crippen molar-refractivity contribution in [3.63, 3.8) is 0 Å². The number of fused-ring (bicyclic) bond motifs is 3. The van der Waals surface area contributed by atoms with E-state index in [1.807, 2.05) is 12.1 Å². The number of para-hydroxylation sites is 1. The summed E-state index contributed by atoms with van der Waals surface area (Å²) in [6.45, 7) is 2.16. The van der Waals surface area contributed by atoms with E-state index in [1.165, 1.54) is 16.7 Å². The van der Waals surface area contributed by atoms with Gasteiger partial charge in [0.2, 0.25) is 0 Å². The molecule has 3 rings (SSSR count). The van der Waals surface area contributed by atoms with Gasteiger partial charge in [-0.15, -0.1) is 0 Å². The van der Waals surface area contributed by atoms with Gasteiger partial charge in [0.05, 0.1) is 0 Å². The first-order valence-corrected chi connectivity index (χ1v) is 5.75. The molecule has 1 nitrogen and oxygen atoms in total. The summed E-state index contributed by atoms with van der Waals surface area (Å²) in [6, 6.07) is 16.8. The van der Waals surface area contributed by atoms with E-state index >= 15 is 0 Å². The highest BCUT2D eigenvalue weighted by molar-refractivity contribution is 5.75. The Labute approximate surface area is 95.7 Å². The standard InChI is InChI=1S/C15H14O/c1-2-14-12-8-4-3-7-11(12)13-9-5-6-10-15(13)16-14/h3-10,14H,2H2,1H3/t14-/m1/s1. The molecule has 2 aromatic carbocycles. The van der Waals surface area contributed by atoms with E-state index in [0.717, 1.165) is 12.2 Å². The van der Waals surface area contributed by atoms with E-state index in [-0.39, 0.29) is 6.10 Å². The Hall–Kier alpha value is -1.76. The summed E-state index contributed by atoms with van der Waals surface area (Å²) in [5.74, 6) is 1.01. The van der Waals surface area contributed by atoms with Crippen LogP contribution < -0.4 is 4.74 Å². The van der Waals surface area contributed by atoms with Gasteiger partial charge in [0.15, 0.2) is 0 Å². The van der Waals surface area contributed by atoms with Crippen LogP contribution in [0.5, 0.6) is 5.75 Å². The van der Waals surface area contributed by atoms with Crippen molar-refractivity contribution in [2.45, 2.75) is 19.4 Å². The molecule has 16 heavy (non-hydrogen) atoms. The fraction of sp³-hybridized carbons (Fsp3) is 0.200. The van der Waals surface area contributed by atoms with Gasteiger partial charge in [-0.25, -0.2) is 0 Å². The minimum absolute atomic E-state index is 0.200. The minimum Gasteiger partial charge on any atom is -0.485 e. The minimum atomic E-state index is 0.200. The molecular weight excluding hydrogens is 196 g/mol. The third kappa shape index (κ3) is 1.32. The summed E-state index contributed by atoms with van der Waals surface area (Å²) in [6.07, 6.45) is 1.21. The van der Waals surface area contributed by atoms with Crippen LogP contribution in [-0.2, 0) is 0 Å². The van der Waals surface area contributed by atoms with Crippen LogP contribution in [0.25, 0.3) is 11.1 Å². The summed E-state index contributed by atoms with van der Waals surface area (Å²) < 4.78 is 6.01. The molecule has 0 unspecified atom stereocenters. The van der Waals surface area contributed by atoms with Crippen LogP contribution in [0.3, 0.4) is 0 Å².